The zero-order valence-electron chi connectivity index (χ0n) is 15.3. The van der Waals surface area contributed by atoms with Crippen LogP contribution in [-0.4, -0.2) is 32.0 Å². The highest BCUT2D eigenvalue weighted by Gasteiger charge is 2.31. The molecule has 0 radical (unpaired) electrons. The Morgan fingerprint density at radius 3 is 2.57 bits per heavy atom. The lowest BCUT2D eigenvalue weighted by molar-refractivity contribution is 0.0454. The third-order valence-electron chi connectivity index (χ3n) is 4.48. The van der Waals surface area contributed by atoms with Gasteiger partial charge in [-0.15, -0.1) is 0 Å². The predicted molar refractivity (Wildman–Crippen MR) is 94.8 cm³/mol. The quantitative estimate of drug-likeness (QED) is 0.499. The Balaban J connectivity index is 2.46. The van der Waals surface area contributed by atoms with Gasteiger partial charge >= 0.3 is 0 Å². The Morgan fingerprint density at radius 2 is 1.96 bits per heavy atom. The number of rotatable bonds is 9. The van der Waals surface area contributed by atoms with Gasteiger partial charge in [0.2, 0.25) is 5.88 Å². The molecule has 2 N–H and O–H groups in total. The molecule has 0 bridgehead atoms. The highest BCUT2D eigenvalue weighted by molar-refractivity contribution is 5.13. The zero-order valence-corrected chi connectivity index (χ0v) is 15.3. The molecule has 1 rings (SSSR count). The largest absolute Gasteiger partial charge is 0.493 e. The molecule has 1 heterocycles. The molecule has 132 valence electrons. The van der Waals surface area contributed by atoms with Crippen LogP contribution in [0.15, 0.2) is 34.9 Å². The van der Waals surface area contributed by atoms with Crippen LogP contribution in [0.5, 0.6) is 0 Å². The van der Waals surface area contributed by atoms with Crippen molar-refractivity contribution in [2.45, 2.75) is 59.0 Å². The number of ether oxygens (including phenoxy) is 2. The molecule has 0 saturated carbocycles. The average molecular weight is 323 g/mol. The summed E-state index contributed by atoms with van der Waals surface area (Å²) in [5, 5.41) is 13.6. The van der Waals surface area contributed by atoms with E-state index in [0.29, 0.717) is 18.2 Å². The predicted octanol–water partition coefficient (Wildman–Crippen LogP) is 3.89. The molecule has 4 nitrogen and oxygen atoms in total. The topological polar surface area (TPSA) is 50.7 Å². The molecule has 0 aromatic carbocycles. The Hall–Kier alpha value is -1.42. The first kappa shape index (κ1) is 19.6. The minimum absolute atomic E-state index is 0.112. The van der Waals surface area contributed by atoms with Crippen molar-refractivity contribution in [2.24, 2.45) is 5.92 Å². The van der Waals surface area contributed by atoms with Crippen LogP contribution < -0.4 is 5.32 Å². The van der Waals surface area contributed by atoms with Gasteiger partial charge in [-0.1, -0.05) is 30.2 Å². The van der Waals surface area contributed by atoms with Crippen molar-refractivity contribution in [2.75, 3.05) is 20.8 Å². The minimum Gasteiger partial charge on any atom is -0.493 e. The molecule has 2 atom stereocenters. The van der Waals surface area contributed by atoms with E-state index < -0.39 is 6.10 Å². The SMILES string of the molecule is CC/C(C)=C/CCC/C(C)=C/C[C@@H]1CNC(OC)=C(OC)C1O. The fourth-order valence-corrected chi connectivity index (χ4v) is 2.70. The maximum absolute atomic E-state index is 10.4. The molecule has 1 aliphatic rings. The maximum atomic E-state index is 10.4. The number of allylic oxidation sites excluding steroid dienone is 4. The van der Waals surface area contributed by atoms with Crippen LogP contribution in [0.1, 0.15) is 52.9 Å². The van der Waals surface area contributed by atoms with Crippen LogP contribution in [0, 0.1) is 5.92 Å². The van der Waals surface area contributed by atoms with Crippen molar-refractivity contribution in [3.63, 3.8) is 0 Å². The van der Waals surface area contributed by atoms with Gasteiger partial charge in [0.15, 0.2) is 5.76 Å². The fourth-order valence-electron chi connectivity index (χ4n) is 2.70. The summed E-state index contributed by atoms with van der Waals surface area (Å²) in [5.41, 5.74) is 2.86. The number of aliphatic hydroxyl groups is 1. The lowest BCUT2D eigenvalue weighted by Gasteiger charge is -2.30. The van der Waals surface area contributed by atoms with E-state index in [4.69, 9.17) is 9.47 Å². The molecule has 0 spiro atoms. The molecule has 0 amide bonds. The van der Waals surface area contributed by atoms with Crippen LogP contribution in [-0.2, 0) is 9.47 Å². The second kappa shape index (κ2) is 10.4. The molecular weight excluding hydrogens is 290 g/mol. The number of hydrogen-bond acceptors (Lipinski definition) is 4. The third kappa shape index (κ3) is 6.30. The molecule has 0 saturated heterocycles. The van der Waals surface area contributed by atoms with Gasteiger partial charge in [0, 0.05) is 12.5 Å². The molecule has 1 unspecified atom stereocenters. The summed E-state index contributed by atoms with van der Waals surface area (Å²) in [6, 6.07) is 0. The van der Waals surface area contributed by atoms with E-state index in [-0.39, 0.29) is 5.92 Å². The van der Waals surface area contributed by atoms with E-state index in [9.17, 15) is 5.11 Å². The van der Waals surface area contributed by atoms with Crippen LogP contribution >= 0.6 is 0 Å². The number of nitrogens with one attached hydrogen (secondary N) is 1. The summed E-state index contributed by atoms with van der Waals surface area (Å²) in [6.07, 6.45) is 9.39. The van der Waals surface area contributed by atoms with Gasteiger partial charge in [-0.3, -0.25) is 0 Å². The van der Waals surface area contributed by atoms with E-state index in [1.807, 2.05) is 0 Å². The van der Waals surface area contributed by atoms with Gasteiger partial charge in [-0.2, -0.15) is 0 Å². The summed E-state index contributed by atoms with van der Waals surface area (Å²) >= 11 is 0. The van der Waals surface area contributed by atoms with Crippen molar-refractivity contribution < 1.29 is 14.6 Å². The summed E-state index contributed by atoms with van der Waals surface area (Å²) in [7, 11) is 3.14. The molecule has 4 heteroatoms. The molecule has 0 aromatic heterocycles. The smallest absolute Gasteiger partial charge is 0.228 e. The normalized spacial score (nSPS) is 22.9. The van der Waals surface area contributed by atoms with Crippen molar-refractivity contribution in [1.29, 1.82) is 0 Å². The first-order valence-corrected chi connectivity index (χ1v) is 8.58. The van der Waals surface area contributed by atoms with Crippen molar-refractivity contribution in [3.8, 4) is 0 Å². The Bertz CT molecular complexity index is 452. The zero-order chi connectivity index (χ0) is 17.2. The highest BCUT2D eigenvalue weighted by Crippen LogP contribution is 2.25. The van der Waals surface area contributed by atoms with Gasteiger partial charge in [-0.05, 0) is 46.0 Å². The summed E-state index contributed by atoms with van der Waals surface area (Å²) in [4.78, 5) is 0. The lowest BCUT2D eigenvalue weighted by atomic mass is 9.93. The Labute approximate surface area is 141 Å². The summed E-state index contributed by atoms with van der Waals surface area (Å²) in [5.74, 6) is 1.14. The monoisotopic (exact) mass is 323 g/mol. The number of unbranched alkanes of at least 4 members (excludes halogenated alkanes) is 1. The van der Waals surface area contributed by atoms with Crippen LogP contribution in [0.4, 0.5) is 0 Å². The number of methoxy groups -OCH3 is 2. The van der Waals surface area contributed by atoms with Gasteiger partial charge in [-0.25, -0.2) is 0 Å². The Kier molecular flexibility index (Phi) is 8.85. The van der Waals surface area contributed by atoms with E-state index in [1.165, 1.54) is 17.6 Å². The van der Waals surface area contributed by atoms with Crippen molar-refractivity contribution >= 4 is 0 Å². The van der Waals surface area contributed by atoms with Crippen LogP contribution in [0.25, 0.3) is 0 Å². The van der Waals surface area contributed by atoms with Crippen molar-refractivity contribution in [1.82, 2.24) is 5.32 Å². The van der Waals surface area contributed by atoms with Gasteiger partial charge in [0.05, 0.1) is 14.2 Å². The van der Waals surface area contributed by atoms with Crippen LogP contribution in [0.2, 0.25) is 0 Å². The molecular formula is C19H33NO3. The first-order chi connectivity index (χ1) is 11.0. The fraction of sp³-hybridized carbons (Fsp3) is 0.684. The number of hydrogen-bond donors (Lipinski definition) is 2. The summed E-state index contributed by atoms with van der Waals surface area (Å²) < 4.78 is 10.5. The van der Waals surface area contributed by atoms with E-state index in [2.05, 4.69) is 38.2 Å². The van der Waals surface area contributed by atoms with Crippen molar-refractivity contribution in [3.05, 3.63) is 34.9 Å². The molecule has 23 heavy (non-hydrogen) atoms. The highest BCUT2D eigenvalue weighted by atomic mass is 16.5. The van der Waals surface area contributed by atoms with Crippen LogP contribution in [0.3, 0.4) is 0 Å². The van der Waals surface area contributed by atoms with E-state index in [1.54, 1.807) is 14.2 Å². The van der Waals surface area contributed by atoms with Gasteiger partial charge < -0.3 is 19.9 Å². The van der Waals surface area contributed by atoms with E-state index in [0.717, 1.165) is 25.7 Å². The molecule has 0 aliphatic carbocycles. The molecule has 0 fully saturated rings. The van der Waals surface area contributed by atoms with Gasteiger partial charge in [0.25, 0.3) is 0 Å². The van der Waals surface area contributed by atoms with E-state index >= 15 is 0 Å². The Morgan fingerprint density at radius 1 is 1.22 bits per heavy atom. The standard InChI is InChI=1S/C19H33NO3/c1-6-14(2)9-7-8-10-15(3)11-12-16-13-20-19(23-5)18(22-4)17(16)21/h9,11,16-17,20-21H,6-8,10,12-13H2,1-5H3/b14-9+,15-11+/t16-,17?/m1/s1. The van der Waals surface area contributed by atoms with Gasteiger partial charge in [0.1, 0.15) is 6.10 Å². The lowest BCUT2D eigenvalue weighted by Crippen LogP contribution is -2.40. The third-order valence-corrected chi connectivity index (χ3v) is 4.48. The maximum Gasteiger partial charge on any atom is 0.228 e. The second-order valence-electron chi connectivity index (χ2n) is 6.27. The number of aliphatic hydroxyl groups excluding tert-OH is 1. The average Bonchev–Trinajstić information content (AvgIpc) is 2.56. The summed E-state index contributed by atoms with van der Waals surface area (Å²) in [6.45, 7) is 7.25. The molecule has 0 aromatic rings. The second-order valence-corrected chi connectivity index (χ2v) is 6.27. The minimum atomic E-state index is -0.615. The first-order valence-electron chi connectivity index (χ1n) is 8.58. The molecule has 1 aliphatic heterocycles.